The first-order valence-electron chi connectivity index (χ1n) is 10.2. The summed E-state index contributed by atoms with van der Waals surface area (Å²) in [5, 5.41) is 6.29. The average molecular weight is 434 g/mol. The molecule has 1 aliphatic heterocycles. The van der Waals surface area contributed by atoms with Gasteiger partial charge in [0.05, 0.1) is 19.7 Å². The molecule has 2 aromatic heterocycles. The number of nitrogens with zero attached hydrogens (tertiary/aromatic N) is 3. The molecule has 0 bridgehead atoms. The van der Waals surface area contributed by atoms with Crippen LogP contribution in [-0.4, -0.2) is 28.7 Å². The van der Waals surface area contributed by atoms with E-state index in [1.54, 1.807) is 7.11 Å². The first-order valence-corrected chi connectivity index (χ1v) is 11.1. The second kappa shape index (κ2) is 8.91. The summed E-state index contributed by atoms with van der Waals surface area (Å²) in [6.07, 6.45) is 1.04. The smallest absolute Gasteiger partial charge is 0.240 e. The fraction of sp³-hybridized carbons (Fsp3) is 0.250. The van der Waals surface area contributed by atoms with Gasteiger partial charge in [0.25, 0.3) is 0 Å². The Labute approximate surface area is 185 Å². The SMILES string of the molecule is COc1ccc(OCc2noc(CN3CCc4sccc4C3c3ccccc3)n2)cc1. The average Bonchev–Trinajstić information content (AvgIpc) is 3.48. The third-order valence-corrected chi connectivity index (χ3v) is 6.45. The molecule has 3 heterocycles. The lowest BCUT2D eigenvalue weighted by Gasteiger charge is -2.35. The lowest BCUT2D eigenvalue weighted by molar-refractivity contribution is 0.179. The van der Waals surface area contributed by atoms with Crippen LogP contribution in [0.2, 0.25) is 0 Å². The summed E-state index contributed by atoms with van der Waals surface area (Å²) in [5.41, 5.74) is 2.66. The van der Waals surface area contributed by atoms with Gasteiger partial charge >= 0.3 is 0 Å². The molecular weight excluding hydrogens is 410 g/mol. The van der Waals surface area contributed by atoms with Crippen LogP contribution in [0.4, 0.5) is 0 Å². The van der Waals surface area contributed by atoms with Crippen LogP contribution < -0.4 is 9.47 Å². The van der Waals surface area contributed by atoms with Crippen molar-refractivity contribution in [2.75, 3.05) is 13.7 Å². The molecule has 0 aliphatic carbocycles. The van der Waals surface area contributed by atoms with E-state index in [9.17, 15) is 0 Å². The van der Waals surface area contributed by atoms with Crippen molar-refractivity contribution < 1.29 is 14.0 Å². The number of rotatable bonds is 7. The molecule has 1 aliphatic rings. The molecule has 1 unspecified atom stereocenters. The van der Waals surface area contributed by atoms with E-state index in [4.69, 9.17) is 14.0 Å². The van der Waals surface area contributed by atoms with Crippen LogP contribution in [0.1, 0.15) is 33.8 Å². The van der Waals surface area contributed by atoms with E-state index in [1.807, 2.05) is 35.6 Å². The molecule has 5 rings (SSSR count). The van der Waals surface area contributed by atoms with Crippen molar-refractivity contribution in [2.24, 2.45) is 0 Å². The van der Waals surface area contributed by atoms with Crippen LogP contribution in [-0.2, 0) is 19.6 Å². The standard InChI is InChI=1S/C24H23N3O3S/c1-28-18-7-9-19(10-8-18)29-16-22-25-23(30-26-22)15-27-13-11-21-20(12-14-31-21)24(27)17-5-3-2-4-6-17/h2-10,12,14,24H,11,13,15-16H2,1H3. The maximum absolute atomic E-state index is 5.77. The van der Waals surface area contributed by atoms with E-state index in [0.29, 0.717) is 18.3 Å². The van der Waals surface area contributed by atoms with Gasteiger partial charge in [-0.2, -0.15) is 4.98 Å². The molecular formula is C24H23N3O3S. The molecule has 0 amide bonds. The molecule has 0 saturated carbocycles. The third kappa shape index (κ3) is 4.33. The first-order chi connectivity index (χ1) is 15.3. The number of benzene rings is 2. The second-order valence-corrected chi connectivity index (χ2v) is 8.40. The zero-order chi connectivity index (χ0) is 21.0. The Bertz CT molecular complexity index is 1120. The maximum Gasteiger partial charge on any atom is 0.240 e. The number of ether oxygens (including phenoxy) is 2. The number of thiophene rings is 1. The minimum atomic E-state index is 0.196. The highest BCUT2D eigenvalue weighted by Gasteiger charge is 2.30. The molecule has 0 N–H and O–H groups in total. The lowest BCUT2D eigenvalue weighted by Crippen LogP contribution is -2.35. The van der Waals surface area contributed by atoms with Gasteiger partial charge in [0.2, 0.25) is 11.7 Å². The number of hydrogen-bond donors (Lipinski definition) is 0. The number of aromatic nitrogens is 2. The maximum atomic E-state index is 5.77. The topological polar surface area (TPSA) is 60.6 Å². The van der Waals surface area contributed by atoms with Gasteiger partial charge in [-0.05, 0) is 53.3 Å². The van der Waals surface area contributed by atoms with Crippen LogP contribution in [0.15, 0.2) is 70.6 Å². The molecule has 31 heavy (non-hydrogen) atoms. The summed E-state index contributed by atoms with van der Waals surface area (Å²) in [5.74, 6) is 2.66. The molecule has 158 valence electrons. The highest BCUT2D eigenvalue weighted by atomic mass is 32.1. The lowest BCUT2D eigenvalue weighted by atomic mass is 9.93. The number of hydrogen-bond acceptors (Lipinski definition) is 7. The van der Waals surface area contributed by atoms with Crippen LogP contribution in [0.5, 0.6) is 11.5 Å². The van der Waals surface area contributed by atoms with Crippen LogP contribution in [0.25, 0.3) is 0 Å². The predicted molar refractivity (Wildman–Crippen MR) is 118 cm³/mol. The Morgan fingerprint density at radius 3 is 2.68 bits per heavy atom. The summed E-state index contributed by atoms with van der Waals surface area (Å²) in [7, 11) is 1.64. The summed E-state index contributed by atoms with van der Waals surface area (Å²) in [6.45, 7) is 1.81. The van der Waals surface area contributed by atoms with Crippen molar-refractivity contribution in [1.82, 2.24) is 15.0 Å². The summed E-state index contributed by atoms with van der Waals surface area (Å²) in [4.78, 5) is 8.43. The molecule has 2 aromatic carbocycles. The van der Waals surface area contributed by atoms with Gasteiger partial charge in [-0.15, -0.1) is 11.3 Å². The summed E-state index contributed by atoms with van der Waals surface area (Å²) in [6, 6.07) is 20.5. The number of fused-ring (bicyclic) bond motifs is 1. The van der Waals surface area contributed by atoms with Gasteiger partial charge in [0, 0.05) is 11.4 Å². The van der Waals surface area contributed by atoms with Crippen molar-refractivity contribution in [1.29, 1.82) is 0 Å². The minimum absolute atomic E-state index is 0.196. The summed E-state index contributed by atoms with van der Waals surface area (Å²) >= 11 is 1.84. The zero-order valence-corrected chi connectivity index (χ0v) is 18.0. The molecule has 7 heteroatoms. The van der Waals surface area contributed by atoms with Gasteiger partial charge in [-0.3, -0.25) is 4.90 Å². The first kappa shape index (κ1) is 19.8. The van der Waals surface area contributed by atoms with Gasteiger partial charge in [0.1, 0.15) is 11.5 Å². The Morgan fingerprint density at radius 2 is 1.87 bits per heavy atom. The Kier molecular flexibility index (Phi) is 5.69. The monoisotopic (exact) mass is 433 g/mol. The van der Waals surface area contributed by atoms with Gasteiger partial charge < -0.3 is 14.0 Å². The van der Waals surface area contributed by atoms with Crippen molar-refractivity contribution in [3.63, 3.8) is 0 Å². The van der Waals surface area contributed by atoms with Crippen LogP contribution >= 0.6 is 11.3 Å². The van der Waals surface area contributed by atoms with Gasteiger partial charge in [-0.1, -0.05) is 35.5 Å². The molecule has 0 saturated heterocycles. The molecule has 1 atom stereocenters. The highest BCUT2D eigenvalue weighted by Crippen LogP contribution is 2.38. The Hall–Kier alpha value is -3.16. The summed E-state index contributed by atoms with van der Waals surface area (Å²) < 4.78 is 16.5. The zero-order valence-electron chi connectivity index (χ0n) is 17.2. The second-order valence-electron chi connectivity index (χ2n) is 7.40. The Balaban J connectivity index is 1.28. The minimum Gasteiger partial charge on any atom is -0.497 e. The van der Waals surface area contributed by atoms with Crippen molar-refractivity contribution >= 4 is 11.3 Å². The van der Waals surface area contributed by atoms with Crippen LogP contribution in [0, 0.1) is 0 Å². The molecule has 0 fully saturated rings. The normalized spacial score (nSPS) is 16.1. The van der Waals surface area contributed by atoms with E-state index in [1.165, 1.54) is 16.0 Å². The van der Waals surface area contributed by atoms with Crippen molar-refractivity contribution in [2.45, 2.75) is 25.6 Å². The van der Waals surface area contributed by atoms with Gasteiger partial charge in [0.15, 0.2) is 6.61 Å². The molecule has 0 spiro atoms. The fourth-order valence-corrected chi connectivity index (χ4v) is 4.87. The highest BCUT2D eigenvalue weighted by molar-refractivity contribution is 7.10. The molecule has 4 aromatic rings. The van der Waals surface area contributed by atoms with E-state index >= 15 is 0 Å². The van der Waals surface area contributed by atoms with Gasteiger partial charge in [-0.25, -0.2) is 0 Å². The van der Waals surface area contributed by atoms with E-state index in [2.05, 4.69) is 56.8 Å². The largest absolute Gasteiger partial charge is 0.497 e. The van der Waals surface area contributed by atoms with E-state index in [-0.39, 0.29) is 12.6 Å². The van der Waals surface area contributed by atoms with Crippen molar-refractivity contribution in [3.8, 4) is 11.5 Å². The quantitative estimate of drug-likeness (QED) is 0.415. The Morgan fingerprint density at radius 1 is 1.06 bits per heavy atom. The van der Waals surface area contributed by atoms with Crippen LogP contribution in [0.3, 0.4) is 0 Å². The fourth-order valence-electron chi connectivity index (χ4n) is 3.97. The third-order valence-electron chi connectivity index (χ3n) is 5.46. The predicted octanol–water partition coefficient (Wildman–Crippen LogP) is 4.87. The van der Waals surface area contributed by atoms with E-state index < -0.39 is 0 Å². The molecule has 0 radical (unpaired) electrons. The number of methoxy groups -OCH3 is 1. The molecule has 6 nitrogen and oxygen atoms in total. The van der Waals surface area contributed by atoms with E-state index in [0.717, 1.165) is 24.5 Å². The van der Waals surface area contributed by atoms with Crippen molar-refractivity contribution in [3.05, 3.63) is 93.8 Å².